The van der Waals surface area contributed by atoms with Crippen molar-refractivity contribution in [3.8, 4) is 0 Å². The molecule has 20 heavy (non-hydrogen) atoms. The fraction of sp³-hybridized carbons (Fsp3) is 0.684. The zero-order chi connectivity index (χ0) is 14.0. The Morgan fingerprint density at radius 2 is 1.90 bits per heavy atom. The maximum absolute atomic E-state index is 3.89. The van der Waals surface area contributed by atoms with E-state index in [4.69, 9.17) is 0 Å². The molecule has 1 saturated carbocycles. The second-order valence-corrected chi connectivity index (χ2v) is 7.51. The lowest BCUT2D eigenvalue weighted by Crippen LogP contribution is -2.38. The monoisotopic (exact) mass is 271 g/mol. The number of fused-ring (bicyclic) bond motifs is 1. The molecule has 2 aliphatic carbocycles. The predicted molar refractivity (Wildman–Crippen MR) is 85.9 cm³/mol. The molecule has 1 fully saturated rings. The molecule has 0 heterocycles. The molecule has 1 N–H and O–H groups in total. The molecule has 1 aromatic rings. The van der Waals surface area contributed by atoms with Gasteiger partial charge in [0.15, 0.2) is 0 Å². The van der Waals surface area contributed by atoms with Crippen LogP contribution >= 0.6 is 0 Å². The summed E-state index contributed by atoms with van der Waals surface area (Å²) < 4.78 is 0. The lowest BCUT2D eigenvalue weighted by atomic mass is 9.70. The van der Waals surface area contributed by atoms with E-state index < -0.39 is 0 Å². The second kappa shape index (κ2) is 5.89. The molecule has 1 heteroatoms. The zero-order valence-corrected chi connectivity index (χ0v) is 13.1. The summed E-state index contributed by atoms with van der Waals surface area (Å²) in [5, 5.41) is 3.89. The average Bonchev–Trinajstić information content (AvgIpc) is 2.94. The minimum absolute atomic E-state index is 0.379. The van der Waals surface area contributed by atoms with Gasteiger partial charge < -0.3 is 5.32 Å². The summed E-state index contributed by atoms with van der Waals surface area (Å²) in [4.78, 5) is 0. The minimum Gasteiger partial charge on any atom is -0.309 e. The van der Waals surface area contributed by atoms with Crippen LogP contribution in [-0.4, -0.2) is 6.54 Å². The van der Waals surface area contributed by atoms with Crippen LogP contribution in [0.4, 0.5) is 0 Å². The topological polar surface area (TPSA) is 12.0 Å². The Kier molecular flexibility index (Phi) is 4.16. The molecule has 1 unspecified atom stereocenters. The van der Waals surface area contributed by atoms with Crippen LogP contribution in [0, 0.1) is 11.3 Å². The van der Waals surface area contributed by atoms with Crippen molar-refractivity contribution < 1.29 is 0 Å². The normalized spacial score (nSPS) is 25.6. The van der Waals surface area contributed by atoms with Crippen molar-refractivity contribution in [1.29, 1.82) is 0 Å². The van der Waals surface area contributed by atoms with Crippen LogP contribution in [0.2, 0.25) is 0 Å². The van der Waals surface area contributed by atoms with Crippen molar-refractivity contribution in [2.45, 2.75) is 64.8 Å². The molecule has 0 saturated heterocycles. The van der Waals surface area contributed by atoms with E-state index in [1.165, 1.54) is 51.5 Å². The van der Waals surface area contributed by atoms with Crippen molar-refractivity contribution >= 4 is 0 Å². The first kappa shape index (κ1) is 14.1. The van der Waals surface area contributed by atoms with E-state index in [1.807, 2.05) is 0 Å². The molecule has 0 bridgehead atoms. The Morgan fingerprint density at radius 3 is 2.70 bits per heavy atom. The third-order valence-corrected chi connectivity index (χ3v) is 5.56. The highest BCUT2D eigenvalue weighted by atomic mass is 14.9. The average molecular weight is 271 g/mol. The Morgan fingerprint density at radius 1 is 1.15 bits per heavy atom. The first-order valence-electron chi connectivity index (χ1n) is 8.48. The molecule has 3 rings (SSSR count). The van der Waals surface area contributed by atoms with Crippen LogP contribution < -0.4 is 5.32 Å². The minimum atomic E-state index is 0.379. The van der Waals surface area contributed by atoms with Crippen molar-refractivity contribution in [3.05, 3.63) is 35.4 Å². The quantitative estimate of drug-likeness (QED) is 0.823. The van der Waals surface area contributed by atoms with Crippen molar-refractivity contribution in [3.63, 3.8) is 0 Å². The molecule has 0 aliphatic heterocycles. The highest BCUT2D eigenvalue weighted by Crippen LogP contribution is 2.43. The molecule has 0 spiro atoms. The molecule has 0 radical (unpaired) electrons. The summed E-state index contributed by atoms with van der Waals surface area (Å²) in [7, 11) is 0. The molecule has 1 nitrogen and oxygen atoms in total. The smallest absolute Gasteiger partial charge is 0.0374 e. The fourth-order valence-corrected chi connectivity index (χ4v) is 4.18. The first-order chi connectivity index (χ1) is 9.67. The van der Waals surface area contributed by atoms with E-state index >= 15 is 0 Å². The lowest BCUT2D eigenvalue weighted by molar-refractivity contribution is 0.206. The predicted octanol–water partition coefficient (Wildman–Crippen LogP) is 4.87. The summed E-state index contributed by atoms with van der Waals surface area (Å²) in [5.41, 5.74) is 3.49. The Hall–Kier alpha value is -0.820. The van der Waals surface area contributed by atoms with Gasteiger partial charge in [-0.2, -0.15) is 0 Å². The Labute approximate surface area is 124 Å². The molecule has 0 aromatic heterocycles. The van der Waals surface area contributed by atoms with Gasteiger partial charge in [0.05, 0.1) is 0 Å². The molecule has 110 valence electrons. The molecule has 1 atom stereocenters. The third kappa shape index (κ3) is 2.93. The first-order valence-corrected chi connectivity index (χ1v) is 8.48. The van der Waals surface area contributed by atoms with Crippen molar-refractivity contribution in [1.82, 2.24) is 5.32 Å². The number of hydrogen-bond donors (Lipinski definition) is 1. The van der Waals surface area contributed by atoms with Crippen LogP contribution in [0.25, 0.3) is 0 Å². The number of nitrogens with one attached hydrogen (secondary N) is 1. The Balaban J connectivity index is 1.66. The summed E-state index contributed by atoms with van der Waals surface area (Å²) in [6, 6.07) is 9.58. The van der Waals surface area contributed by atoms with Crippen LogP contribution in [0.5, 0.6) is 0 Å². The number of aryl methyl sites for hydroxylation is 1. The van der Waals surface area contributed by atoms with Gasteiger partial charge in [-0.1, -0.05) is 63.8 Å². The van der Waals surface area contributed by atoms with Crippen LogP contribution in [0.15, 0.2) is 24.3 Å². The number of hydrogen-bond acceptors (Lipinski definition) is 1. The summed E-state index contributed by atoms with van der Waals surface area (Å²) in [6.45, 7) is 6.04. The van der Waals surface area contributed by atoms with Crippen LogP contribution in [0.1, 0.15) is 69.5 Å². The maximum atomic E-state index is 3.89. The maximum Gasteiger partial charge on any atom is 0.0374 e. The van der Waals surface area contributed by atoms with Gasteiger partial charge in [-0.25, -0.2) is 0 Å². The third-order valence-electron chi connectivity index (χ3n) is 5.56. The van der Waals surface area contributed by atoms with Gasteiger partial charge in [-0.3, -0.25) is 0 Å². The Bertz CT molecular complexity index is 443. The summed E-state index contributed by atoms with van der Waals surface area (Å²) >= 11 is 0. The SMILES string of the molecule is CC1(C)CCc2ccccc2C1NCCC1CCCC1. The number of benzene rings is 1. The summed E-state index contributed by atoms with van der Waals surface area (Å²) in [6.07, 6.45) is 9.76. The van der Waals surface area contributed by atoms with Gasteiger partial charge in [0, 0.05) is 6.04 Å². The van der Waals surface area contributed by atoms with E-state index in [0.29, 0.717) is 11.5 Å². The lowest BCUT2D eigenvalue weighted by Gasteiger charge is -2.41. The molecule has 0 amide bonds. The fourth-order valence-electron chi connectivity index (χ4n) is 4.18. The van der Waals surface area contributed by atoms with E-state index in [1.54, 1.807) is 11.1 Å². The van der Waals surface area contributed by atoms with E-state index in [0.717, 1.165) is 5.92 Å². The zero-order valence-electron chi connectivity index (χ0n) is 13.1. The van der Waals surface area contributed by atoms with Crippen molar-refractivity contribution in [2.75, 3.05) is 6.54 Å². The molecular weight excluding hydrogens is 242 g/mol. The van der Waals surface area contributed by atoms with Gasteiger partial charge in [0.2, 0.25) is 0 Å². The molecule has 2 aliphatic rings. The van der Waals surface area contributed by atoms with E-state index in [9.17, 15) is 0 Å². The van der Waals surface area contributed by atoms with Gasteiger partial charge >= 0.3 is 0 Å². The van der Waals surface area contributed by atoms with Crippen LogP contribution in [-0.2, 0) is 6.42 Å². The van der Waals surface area contributed by atoms with Gasteiger partial charge in [-0.05, 0) is 48.3 Å². The van der Waals surface area contributed by atoms with Crippen molar-refractivity contribution in [2.24, 2.45) is 11.3 Å². The van der Waals surface area contributed by atoms with Gasteiger partial charge in [0.25, 0.3) is 0 Å². The second-order valence-electron chi connectivity index (χ2n) is 7.51. The van der Waals surface area contributed by atoms with Gasteiger partial charge in [-0.15, -0.1) is 0 Å². The highest BCUT2D eigenvalue weighted by molar-refractivity contribution is 5.34. The molecular formula is C19H29N. The highest BCUT2D eigenvalue weighted by Gasteiger charge is 2.35. The van der Waals surface area contributed by atoms with Crippen LogP contribution in [0.3, 0.4) is 0 Å². The van der Waals surface area contributed by atoms with E-state index in [2.05, 4.69) is 43.4 Å². The largest absolute Gasteiger partial charge is 0.309 e. The number of rotatable bonds is 4. The molecule has 1 aromatic carbocycles. The summed E-state index contributed by atoms with van der Waals surface area (Å²) in [5.74, 6) is 0.990. The van der Waals surface area contributed by atoms with Gasteiger partial charge in [0.1, 0.15) is 0 Å². The van der Waals surface area contributed by atoms with E-state index in [-0.39, 0.29) is 0 Å². The standard InChI is InChI=1S/C19H29N/c1-19(2)13-11-16-9-5-6-10-17(16)18(19)20-14-12-15-7-3-4-8-15/h5-6,9-10,15,18,20H,3-4,7-8,11-14H2,1-2H3.